The number of aromatic nitrogens is 1. The van der Waals surface area contributed by atoms with Gasteiger partial charge in [0.25, 0.3) is 0 Å². The van der Waals surface area contributed by atoms with Crippen molar-refractivity contribution in [1.29, 1.82) is 0 Å². The van der Waals surface area contributed by atoms with E-state index in [4.69, 9.17) is 9.47 Å². The average Bonchev–Trinajstić information content (AvgIpc) is 2.69. The average molecular weight is 475 g/mol. The van der Waals surface area contributed by atoms with Gasteiger partial charge in [0.1, 0.15) is 17.3 Å². The van der Waals surface area contributed by atoms with Crippen molar-refractivity contribution >= 4 is 27.4 Å². The highest BCUT2D eigenvalue weighted by atomic mass is 32.2. The molecule has 178 valence electrons. The van der Waals surface area contributed by atoms with Crippen LogP contribution in [0.1, 0.15) is 16.7 Å². The molecule has 1 N–H and O–H groups in total. The number of amides is 1. The molecule has 1 aromatic heterocycles. The summed E-state index contributed by atoms with van der Waals surface area (Å²) < 4.78 is 37.6. The van der Waals surface area contributed by atoms with Gasteiger partial charge in [-0.1, -0.05) is 17.7 Å². The lowest BCUT2D eigenvalue weighted by Gasteiger charge is -2.38. The Hall–Kier alpha value is -2.85. The summed E-state index contributed by atoms with van der Waals surface area (Å²) in [5, 5.41) is 0. The minimum atomic E-state index is -3.52. The Bertz CT molecular complexity index is 1130. The number of nitrogens with zero attached hydrogens (tertiary/aromatic N) is 3. The number of aryl methyl sites for hydroxylation is 3. The van der Waals surface area contributed by atoms with Crippen molar-refractivity contribution in [3.63, 3.8) is 0 Å². The topological polar surface area (TPSA) is 101 Å². The number of sulfonamides is 1. The molecule has 0 atom stereocenters. The highest BCUT2D eigenvalue weighted by molar-refractivity contribution is 7.92. The molecule has 3 heterocycles. The first kappa shape index (κ1) is 23.3. The van der Waals surface area contributed by atoms with E-state index in [0.717, 1.165) is 22.9 Å². The van der Waals surface area contributed by atoms with Gasteiger partial charge in [-0.2, -0.15) is 4.98 Å². The molecule has 10 heteroatoms. The number of benzene rings is 1. The minimum absolute atomic E-state index is 0.0167. The molecule has 0 aliphatic carbocycles. The number of piperazine rings is 1. The van der Waals surface area contributed by atoms with Crippen LogP contribution in [0.3, 0.4) is 0 Å². The molecule has 2 aliphatic heterocycles. The van der Waals surface area contributed by atoms with Crippen molar-refractivity contribution < 1.29 is 22.7 Å². The van der Waals surface area contributed by atoms with E-state index in [-0.39, 0.29) is 23.4 Å². The number of pyridine rings is 1. The van der Waals surface area contributed by atoms with Gasteiger partial charge < -0.3 is 19.3 Å². The van der Waals surface area contributed by atoms with E-state index in [2.05, 4.69) is 14.6 Å². The van der Waals surface area contributed by atoms with E-state index in [1.807, 2.05) is 37.8 Å². The number of carbonyl (C=O) groups is 1. The van der Waals surface area contributed by atoms with Crippen molar-refractivity contribution in [2.45, 2.75) is 20.8 Å². The van der Waals surface area contributed by atoms with Gasteiger partial charge in [0.15, 0.2) is 0 Å². The van der Waals surface area contributed by atoms with E-state index >= 15 is 0 Å². The standard InChI is InChI=1S/C23H30N4O5S/c1-15-11-16(2)21(17(3)12-15)32-22-19(25-33(4,29)30)5-6-20(24-22)26-7-9-27(10-8-26)23(28)18-13-31-14-18/h5-6,11-12,18,25H,7-10,13-14H2,1-4H3. The quantitative estimate of drug-likeness (QED) is 0.686. The van der Waals surface area contributed by atoms with Crippen LogP contribution in [0.25, 0.3) is 0 Å². The zero-order chi connectivity index (χ0) is 23.8. The van der Waals surface area contributed by atoms with Crippen LogP contribution < -0.4 is 14.4 Å². The van der Waals surface area contributed by atoms with Gasteiger partial charge in [0, 0.05) is 26.2 Å². The number of hydrogen-bond acceptors (Lipinski definition) is 7. The van der Waals surface area contributed by atoms with Crippen molar-refractivity contribution in [3.05, 3.63) is 41.0 Å². The second-order valence-corrected chi connectivity index (χ2v) is 10.5. The molecule has 0 unspecified atom stereocenters. The molecule has 4 rings (SSSR count). The molecule has 0 saturated carbocycles. The van der Waals surface area contributed by atoms with E-state index in [0.29, 0.717) is 51.0 Å². The molecular weight excluding hydrogens is 444 g/mol. The number of hydrogen-bond donors (Lipinski definition) is 1. The second-order valence-electron chi connectivity index (χ2n) is 8.77. The fraction of sp³-hybridized carbons (Fsp3) is 0.478. The lowest BCUT2D eigenvalue weighted by Crippen LogP contribution is -2.53. The Morgan fingerprint density at radius 2 is 1.73 bits per heavy atom. The molecule has 1 amide bonds. The molecule has 2 aromatic rings. The summed E-state index contributed by atoms with van der Waals surface area (Å²) in [4.78, 5) is 21.1. The van der Waals surface area contributed by atoms with Crippen molar-refractivity contribution in [3.8, 4) is 11.6 Å². The molecule has 1 aromatic carbocycles. The van der Waals surface area contributed by atoms with Gasteiger partial charge in [-0.05, 0) is 44.0 Å². The van der Waals surface area contributed by atoms with Crippen LogP contribution in [-0.4, -0.2) is 69.9 Å². The van der Waals surface area contributed by atoms with Gasteiger partial charge in [-0.15, -0.1) is 0 Å². The zero-order valence-corrected chi connectivity index (χ0v) is 20.2. The third-order valence-corrected chi connectivity index (χ3v) is 6.44. The number of nitrogens with one attached hydrogen (secondary N) is 1. The van der Waals surface area contributed by atoms with E-state index < -0.39 is 10.0 Å². The van der Waals surface area contributed by atoms with E-state index in [1.54, 1.807) is 12.1 Å². The van der Waals surface area contributed by atoms with Crippen molar-refractivity contribution in [2.24, 2.45) is 5.92 Å². The molecule has 2 fully saturated rings. The summed E-state index contributed by atoms with van der Waals surface area (Å²) in [6.45, 7) is 9.40. The normalized spacial score (nSPS) is 17.0. The van der Waals surface area contributed by atoms with E-state index in [1.165, 1.54) is 0 Å². The highest BCUT2D eigenvalue weighted by Crippen LogP contribution is 2.35. The molecule has 33 heavy (non-hydrogen) atoms. The Balaban J connectivity index is 1.57. The van der Waals surface area contributed by atoms with E-state index in [9.17, 15) is 13.2 Å². The molecule has 0 bridgehead atoms. The number of rotatable bonds is 6. The zero-order valence-electron chi connectivity index (χ0n) is 19.4. The third-order valence-electron chi connectivity index (χ3n) is 5.85. The van der Waals surface area contributed by atoms with Gasteiger partial charge in [-0.25, -0.2) is 8.42 Å². The lowest BCUT2D eigenvalue weighted by atomic mass is 10.1. The number of carbonyl (C=O) groups excluding carboxylic acids is 1. The predicted molar refractivity (Wildman–Crippen MR) is 127 cm³/mol. The number of ether oxygens (including phenoxy) is 2. The maximum atomic E-state index is 12.5. The summed E-state index contributed by atoms with van der Waals surface area (Å²) >= 11 is 0. The molecule has 0 radical (unpaired) electrons. The fourth-order valence-electron chi connectivity index (χ4n) is 4.18. The van der Waals surface area contributed by atoms with Gasteiger partial charge in [-0.3, -0.25) is 9.52 Å². The largest absolute Gasteiger partial charge is 0.436 e. The molecule has 0 spiro atoms. The summed E-state index contributed by atoms with van der Waals surface area (Å²) in [6.07, 6.45) is 1.09. The molecule has 9 nitrogen and oxygen atoms in total. The second kappa shape index (κ2) is 9.18. The van der Waals surface area contributed by atoms with Crippen molar-refractivity contribution in [1.82, 2.24) is 9.88 Å². The van der Waals surface area contributed by atoms with Crippen LogP contribution in [-0.2, 0) is 19.6 Å². The first-order valence-corrected chi connectivity index (χ1v) is 12.9. The van der Waals surface area contributed by atoms with Crippen LogP contribution >= 0.6 is 0 Å². The van der Waals surface area contributed by atoms with Crippen LogP contribution in [0.4, 0.5) is 11.5 Å². The smallest absolute Gasteiger partial charge is 0.245 e. The Labute approximate surface area is 194 Å². The predicted octanol–water partition coefficient (Wildman–Crippen LogP) is 2.47. The summed E-state index contributed by atoms with van der Waals surface area (Å²) in [5.74, 6) is 1.65. The summed E-state index contributed by atoms with van der Waals surface area (Å²) in [7, 11) is -3.52. The maximum absolute atomic E-state index is 12.5. The first-order valence-electron chi connectivity index (χ1n) is 11.0. The minimum Gasteiger partial charge on any atom is -0.436 e. The van der Waals surface area contributed by atoms with Gasteiger partial charge in [0.05, 0.1) is 25.4 Å². The monoisotopic (exact) mass is 474 g/mol. The van der Waals surface area contributed by atoms with Gasteiger partial charge >= 0.3 is 0 Å². The Morgan fingerprint density at radius 1 is 1.09 bits per heavy atom. The third kappa shape index (κ3) is 5.39. The number of anilines is 2. The molecule has 2 aliphatic rings. The van der Waals surface area contributed by atoms with Crippen molar-refractivity contribution in [2.75, 3.05) is 55.3 Å². The molecule has 2 saturated heterocycles. The Kier molecular flexibility index (Phi) is 6.49. The maximum Gasteiger partial charge on any atom is 0.245 e. The molecular formula is C23H30N4O5S. The SMILES string of the molecule is Cc1cc(C)c(Oc2nc(N3CCN(C(=O)C4COC4)CC3)ccc2NS(C)(=O)=O)c(C)c1. The van der Waals surface area contributed by atoms with Crippen LogP contribution in [0.5, 0.6) is 11.6 Å². The highest BCUT2D eigenvalue weighted by Gasteiger charge is 2.32. The Morgan fingerprint density at radius 3 is 2.27 bits per heavy atom. The first-order chi connectivity index (χ1) is 15.6. The fourth-order valence-corrected chi connectivity index (χ4v) is 4.73. The summed E-state index contributed by atoms with van der Waals surface area (Å²) in [5.41, 5.74) is 3.28. The summed E-state index contributed by atoms with van der Waals surface area (Å²) in [6, 6.07) is 7.46. The van der Waals surface area contributed by atoms with Gasteiger partial charge in [0.2, 0.25) is 21.8 Å². The lowest BCUT2D eigenvalue weighted by molar-refractivity contribution is -0.150. The van der Waals surface area contributed by atoms with Crippen LogP contribution in [0, 0.1) is 26.7 Å². The van der Waals surface area contributed by atoms with Crippen LogP contribution in [0.2, 0.25) is 0 Å². The van der Waals surface area contributed by atoms with Crippen LogP contribution in [0.15, 0.2) is 24.3 Å².